The number of anilines is 2. The normalized spacial score (nSPS) is 25.7. The van der Waals surface area contributed by atoms with Gasteiger partial charge in [0, 0.05) is 13.1 Å². The van der Waals surface area contributed by atoms with Crippen molar-refractivity contribution in [3.63, 3.8) is 0 Å². The van der Waals surface area contributed by atoms with Gasteiger partial charge in [-0.25, -0.2) is 29.9 Å². The number of nitrogen functional groups attached to an aromatic ring is 2. The number of carbonyl (C=O) groups excluding carboxylic acids is 2. The van der Waals surface area contributed by atoms with E-state index < -0.39 is 36.6 Å². The van der Waals surface area contributed by atoms with Crippen molar-refractivity contribution in [1.82, 2.24) is 49.7 Å². The topological polar surface area (TPSA) is 362 Å². The Balaban J connectivity index is 0.000000234. The zero-order chi connectivity index (χ0) is 40.2. The van der Waals surface area contributed by atoms with Gasteiger partial charge >= 0.3 is 0 Å². The maximum absolute atomic E-state index is 10.3. The van der Waals surface area contributed by atoms with Gasteiger partial charge in [-0.3, -0.25) is 23.5 Å². The number of nitrogens with one attached hydrogen (secondary N) is 2. The highest BCUT2D eigenvalue weighted by Gasteiger charge is 2.56. The lowest BCUT2D eigenvalue weighted by Crippen LogP contribution is -2.38. The molecule has 11 N–H and O–H groups in total. The quantitative estimate of drug-likeness (QED) is 0.0439. The number of fused-ring (bicyclic) bond motifs is 3. The highest BCUT2D eigenvalue weighted by molar-refractivity contribution is 5.81. The maximum Gasteiger partial charge on any atom is 0.293 e. The molecule has 0 amide bonds. The molecule has 25 nitrogen and oxygen atoms in total. The van der Waals surface area contributed by atoms with Gasteiger partial charge in [0.25, 0.3) is 19.4 Å². The van der Waals surface area contributed by atoms with Crippen molar-refractivity contribution in [2.75, 3.05) is 50.9 Å². The molecular formula is C32H48N12O13. The summed E-state index contributed by atoms with van der Waals surface area (Å²) >= 11 is 0. The van der Waals surface area contributed by atoms with Gasteiger partial charge in [0.1, 0.15) is 60.3 Å². The van der Waals surface area contributed by atoms with E-state index >= 15 is 0 Å². The fourth-order valence-corrected chi connectivity index (χ4v) is 6.43. The lowest BCUT2D eigenvalue weighted by Gasteiger charge is -2.25. The zero-order valence-corrected chi connectivity index (χ0v) is 31.1. The van der Waals surface area contributed by atoms with Crippen LogP contribution >= 0.6 is 0 Å². The minimum atomic E-state index is -1.14. The number of imidazole rings is 2. The van der Waals surface area contributed by atoms with Crippen LogP contribution in [0.4, 0.5) is 11.6 Å². The van der Waals surface area contributed by atoms with Gasteiger partial charge < -0.3 is 71.3 Å². The van der Waals surface area contributed by atoms with E-state index in [1.807, 2.05) is 18.4 Å². The molecule has 3 fully saturated rings. The van der Waals surface area contributed by atoms with Crippen LogP contribution in [0.1, 0.15) is 39.1 Å². The summed E-state index contributed by atoms with van der Waals surface area (Å²) in [7, 11) is 0. The third-order valence-corrected chi connectivity index (χ3v) is 8.84. The van der Waals surface area contributed by atoms with E-state index in [9.17, 15) is 19.8 Å². The van der Waals surface area contributed by atoms with E-state index in [4.69, 9.17) is 40.3 Å². The molecular weight excluding hydrogens is 760 g/mol. The largest absolute Gasteiger partial charge is 0.483 e. The van der Waals surface area contributed by atoms with E-state index in [0.717, 1.165) is 0 Å². The van der Waals surface area contributed by atoms with Gasteiger partial charge in [-0.2, -0.15) is 0 Å². The number of hydrogen-bond acceptors (Lipinski definition) is 21. The van der Waals surface area contributed by atoms with Crippen LogP contribution in [-0.2, 0) is 42.8 Å². The molecule has 8 atom stereocenters. The first-order chi connectivity index (χ1) is 27.0. The van der Waals surface area contributed by atoms with Gasteiger partial charge in [-0.15, -0.1) is 0 Å². The Hall–Kier alpha value is -5.25. The van der Waals surface area contributed by atoms with Gasteiger partial charge in [-0.1, -0.05) is 0 Å². The smallest absolute Gasteiger partial charge is 0.293 e. The molecule has 0 bridgehead atoms. The van der Waals surface area contributed by atoms with E-state index in [1.54, 1.807) is 6.33 Å². The van der Waals surface area contributed by atoms with Crippen molar-refractivity contribution in [1.29, 1.82) is 0 Å². The molecule has 4 aromatic rings. The highest BCUT2D eigenvalue weighted by atomic mass is 16.8. The number of aliphatic hydroxyl groups is 2. The predicted octanol–water partition coefficient (Wildman–Crippen LogP) is -2.96. The fourth-order valence-electron chi connectivity index (χ4n) is 6.43. The molecule has 3 aliphatic heterocycles. The van der Waals surface area contributed by atoms with Crippen LogP contribution in [-0.4, -0.2) is 161 Å². The van der Waals surface area contributed by atoms with Crippen LogP contribution in [0.2, 0.25) is 0 Å². The fraction of sp³-hybridized carbons (Fsp3) is 0.594. The number of rotatable bonds is 16. The third kappa shape index (κ3) is 10.6. The number of nitrogens with zero attached hydrogens (tertiary/aromatic N) is 8. The zero-order valence-electron chi connectivity index (χ0n) is 31.1. The molecule has 25 heteroatoms. The van der Waals surface area contributed by atoms with E-state index in [0.29, 0.717) is 93.3 Å². The third-order valence-electron chi connectivity index (χ3n) is 8.84. The standard InChI is InChI=1S/C17H24N6O5.C14H20N6O5.CH2O2.H2O/c1-17(2)27-12-10(6-19-4-3-5-25-9-24)26-16(13(12)28-17)23-8-22-11-14(18)20-7-21-15(11)23;15-12-9-13(18-5-17-12)20(6-19-9)14-11(23)10(22)8(25-14)4-16-2-1-3-24-7-21;2-1-3;/h7-10,12-13,16,19H,3-6H2,1-2H3,(H2,18,20,21);5-8,10-11,14,16,22-23H,1-4H2,(H2,15,17,18);1H,(H,2,3);1H2/t10?,12-,13-,16?;8?,10-,11-,14?;;/m11../s1. The Kier molecular flexibility index (Phi) is 16.2. The first-order valence-electron chi connectivity index (χ1n) is 17.5. The molecule has 0 aliphatic carbocycles. The van der Waals surface area contributed by atoms with Crippen LogP contribution in [0.15, 0.2) is 25.3 Å². The first kappa shape index (κ1) is 44.5. The summed E-state index contributed by atoms with van der Waals surface area (Å²) in [6.07, 6.45) is 2.27. The first-order valence-corrected chi connectivity index (χ1v) is 17.5. The number of carboxylic acid groups (broad SMARTS) is 1. The van der Waals surface area contributed by atoms with Crippen LogP contribution in [0, 0.1) is 0 Å². The molecule has 7 heterocycles. The van der Waals surface area contributed by atoms with Gasteiger partial charge in [0.15, 0.2) is 41.2 Å². The number of ether oxygens (including phenoxy) is 6. The summed E-state index contributed by atoms with van der Waals surface area (Å²) in [5.74, 6) is -0.164. The number of hydrogen-bond donors (Lipinski definition) is 7. The van der Waals surface area contributed by atoms with Gasteiger partial charge in [0.2, 0.25) is 0 Å². The molecule has 3 saturated heterocycles. The molecule has 57 heavy (non-hydrogen) atoms. The Morgan fingerprint density at radius 3 is 1.75 bits per heavy atom. The lowest BCUT2D eigenvalue weighted by atomic mass is 10.1. The molecule has 0 saturated carbocycles. The van der Waals surface area contributed by atoms with Crippen LogP contribution in [0.5, 0.6) is 0 Å². The minimum Gasteiger partial charge on any atom is -0.483 e. The SMILES string of the molecule is CC1(C)O[C@@H]2C(CNCCCOC=O)OC(n3cnc4c(N)ncnc43)[C@@H]2O1.Nc1ncnc2c1ncn2C1OC(CNCCCOC=O)[C@@H](O)[C@H]1O.O.O=CO. The average Bonchev–Trinajstić information content (AvgIpc) is 3.99. The van der Waals surface area contributed by atoms with Crippen molar-refractivity contribution in [3.05, 3.63) is 25.3 Å². The Labute approximate surface area is 324 Å². The van der Waals surface area contributed by atoms with Crippen LogP contribution in [0.3, 0.4) is 0 Å². The maximum atomic E-state index is 10.3. The van der Waals surface area contributed by atoms with Crippen molar-refractivity contribution in [2.45, 2.75) is 81.6 Å². The summed E-state index contributed by atoms with van der Waals surface area (Å²) in [6, 6.07) is 0. The van der Waals surface area contributed by atoms with Crippen molar-refractivity contribution < 1.29 is 63.6 Å². The van der Waals surface area contributed by atoms with Gasteiger partial charge in [0.05, 0.1) is 25.9 Å². The second-order valence-electron chi connectivity index (χ2n) is 13.0. The number of aliphatic hydroxyl groups excluding tert-OH is 2. The van der Waals surface area contributed by atoms with E-state index in [-0.39, 0.29) is 36.1 Å². The van der Waals surface area contributed by atoms with E-state index in [2.05, 4.69) is 50.0 Å². The van der Waals surface area contributed by atoms with Crippen molar-refractivity contribution in [2.24, 2.45) is 0 Å². The highest BCUT2D eigenvalue weighted by Crippen LogP contribution is 2.43. The molecule has 0 radical (unpaired) electrons. The Morgan fingerprint density at radius 2 is 1.23 bits per heavy atom. The minimum absolute atomic E-state index is 0. The Morgan fingerprint density at radius 1 is 0.754 bits per heavy atom. The second kappa shape index (κ2) is 20.8. The summed E-state index contributed by atoms with van der Waals surface area (Å²) < 4.78 is 36.9. The monoisotopic (exact) mass is 808 g/mol. The molecule has 0 spiro atoms. The van der Waals surface area contributed by atoms with Gasteiger partial charge in [-0.05, 0) is 39.8 Å². The summed E-state index contributed by atoms with van der Waals surface area (Å²) in [6.45, 7) is 7.25. The molecule has 0 aromatic carbocycles. The lowest BCUT2D eigenvalue weighted by molar-refractivity contribution is -0.195. The molecule has 3 aliphatic rings. The predicted molar refractivity (Wildman–Crippen MR) is 194 cm³/mol. The number of carbonyl (C=O) groups is 3. The second-order valence-corrected chi connectivity index (χ2v) is 13.0. The molecule has 4 unspecified atom stereocenters. The number of aromatic nitrogens is 8. The molecule has 7 rings (SSSR count). The summed E-state index contributed by atoms with van der Waals surface area (Å²) in [5, 5.41) is 33.8. The number of nitrogens with two attached hydrogens (primary N) is 2. The average molecular weight is 809 g/mol. The molecule has 4 aromatic heterocycles. The molecule has 314 valence electrons. The summed E-state index contributed by atoms with van der Waals surface area (Å²) in [5.41, 5.74) is 13.6. The van der Waals surface area contributed by atoms with E-state index in [1.165, 1.54) is 23.5 Å². The van der Waals surface area contributed by atoms with Crippen molar-refractivity contribution in [3.8, 4) is 0 Å². The Bertz CT molecular complexity index is 1880. The van der Waals surface area contributed by atoms with Crippen LogP contribution < -0.4 is 22.1 Å². The van der Waals surface area contributed by atoms with Crippen LogP contribution in [0.25, 0.3) is 22.3 Å². The summed E-state index contributed by atoms with van der Waals surface area (Å²) in [4.78, 5) is 53.3. The van der Waals surface area contributed by atoms with Crippen molar-refractivity contribution >= 4 is 53.4 Å².